The Bertz CT molecular complexity index is 1570. The highest BCUT2D eigenvalue weighted by Crippen LogP contribution is 2.32. The summed E-state index contributed by atoms with van der Waals surface area (Å²) in [5.41, 5.74) is 3.98. The average Bonchev–Trinajstić information content (AvgIpc) is 3.19. The summed E-state index contributed by atoms with van der Waals surface area (Å²) in [6, 6.07) is 16.5. The zero-order valence-electron chi connectivity index (χ0n) is 20.2. The number of hydrogen-bond donors (Lipinski definition) is 0. The van der Waals surface area contributed by atoms with Gasteiger partial charge in [0.05, 0.1) is 4.90 Å². The molecule has 0 radical (unpaired) electrons. The lowest BCUT2D eigenvalue weighted by molar-refractivity contribution is 0.0224. The van der Waals surface area contributed by atoms with Crippen LogP contribution in [0, 0.1) is 3.57 Å². The zero-order valence-corrected chi connectivity index (χ0v) is 23.2. The molecule has 4 aromatic rings. The molecule has 0 saturated carbocycles. The smallest absolute Gasteiger partial charge is 0.410 e. The van der Waals surface area contributed by atoms with Crippen LogP contribution >= 0.6 is 22.6 Å². The maximum Gasteiger partial charge on any atom is 0.410 e. The van der Waals surface area contributed by atoms with Crippen molar-refractivity contribution in [1.82, 2.24) is 13.9 Å². The van der Waals surface area contributed by atoms with Gasteiger partial charge in [0, 0.05) is 40.0 Å². The standard InChI is InChI=1S/C27H26IN3O4S/c1-27(2,3)35-26(32)30-12-11-18-9-10-19(13-21(18)16-30)20-14-23-24(28)17-31(25(23)29-15-20)36(33,34)22-7-5-4-6-8-22/h4-10,13-15,17H,11-12,16H2,1-3H3. The van der Waals surface area contributed by atoms with Crippen molar-refractivity contribution in [3.8, 4) is 11.1 Å². The molecule has 5 rings (SSSR count). The SMILES string of the molecule is CC(C)(C)OC(=O)N1CCc2ccc(-c3cnc4c(c3)c(I)cn4S(=O)(=O)c3ccccc3)cc2C1. The van der Waals surface area contributed by atoms with Crippen molar-refractivity contribution in [3.05, 3.63) is 81.7 Å². The van der Waals surface area contributed by atoms with E-state index in [1.807, 2.05) is 26.8 Å². The quantitative estimate of drug-likeness (QED) is 0.271. The molecular weight excluding hydrogens is 589 g/mol. The molecule has 186 valence electrons. The van der Waals surface area contributed by atoms with Gasteiger partial charge in [0.2, 0.25) is 0 Å². The molecule has 1 amide bonds. The van der Waals surface area contributed by atoms with Gasteiger partial charge in [-0.1, -0.05) is 30.3 Å². The van der Waals surface area contributed by atoms with Gasteiger partial charge in [-0.2, -0.15) is 0 Å². The summed E-state index contributed by atoms with van der Waals surface area (Å²) >= 11 is 2.15. The molecule has 0 spiro atoms. The fourth-order valence-electron chi connectivity index (χ4n) is 4.31. The van der Waals surface area contributed by atoms with Crippen LogP contribution < -0.4 is 0 Å². The van der Waals surface area contributed by atoms with Gasteiger partial charge in [-0.3, -0.25) is 0 Å². The number of halogens is 1. The fraction of sp³-hybridized carbons (Fsp3) is 0.259. The molecule has 0 saturated heterocycles. The molecule has 0 bridgehead atoms. The van der Waals surface area contributed by atoms with E-state index in [4.69, 9.17) is 4.74 Å². The predicted molar refractivity (Wildman–Crippen MR) is 147 cm³/mol. The molecule has 0 fully saturated rings. The van der Waals surface area contributed by atoms with Gasteiger partial charge < -0.3 is 9.64 Å². The Labute approximate surface area is 224 Å². The van der Waals surface area contributed by atoms with E-state index in [0.717, 1.165) is 32.1 Å². The Hall–Kier alpha value is -2.92. The largest absolute Gasteiger partial charge is 0.444 e. The van der Waals surface area contributed by atoms with Gasteiger partial charge in [0.25, 0.3) is 10.0 Å². The highest BCUT2D eigenvalue weighted by Gasteiger charge is 2.26. The number of amides is 1. The van der Waals surface area contributed by atoms with Gasteiger partial charge in [-0.05, 0) is 90.7 Å². The number of fused-ring (bicyclic) bond motifs is 2. The third-order valence-corrected chi connectivity index (χ3v) is 8.59. The van der Waals surface area contributed by atoms with E-state index in [0.29, 0.717) is 18.7 Å². The molecule has 2 aromatic heterocycles. The number of hydrogen-bond acceptors (Lipinski definition) is 5. The van der Waals surface area contributed by atoms with Crippen LogP contribution in [0.1, 0.15) is 31.9 Å². The van der Waals surface area contributed by atoms with Crippen LogP contribution in [-0.2, 0) is 27.7 Å². The van der Waals surface area contributed by atoms with Gasteiger partial charge in [-0.25, -0.2) is 22.2 Å². The number of ether oxygens (including phenoxy) is 1. The molecule has 1 aliphatic heterocycles. The molecule has 2 aromatic carbocycles. The zero-order chi connectivity index (χ0) is 25.7. The van der Waals surface area contributed by atoms with Gasteiger partial charge in [0.15, 0.2) is 5.65 Å². The maximum absolute atomic E-state index is 13.2. The number of carbonyl (C=O) groups excluding carboxylic acids is 1. The number of rotatable bonds is 3. The monoisotopic (exact) mass is 615 g/mol. The molecule has 0 N–H and O–H groups in total. The van der Waals surface area contributed by atoms with Gasteiger partial charge in [-0.15, -0.1) is 0 Å². The number of benzene rings is 2. The van der Waals surface area contributed by atoms with E-state index < -0.39 is 15.6 Å². The molecule has 0 atom stereocenters. The molecule has 3 heterocycles. The lowest BCUT2D eigenvalue weighted by Gasteiger charge is -2.31. The molecular formula is C27H26IN3O4S. The van der Waals surface area contributed by atoms with Crippen molar-refractivity contribution in [2.24, 2.45) is 0 Å². The van der Waals surface area contributed by atoms with Crippen molar-refractivity contribution in [2.45, 2.75) is 44.2 Å². The molecule has 36 heavy (non-hydrogen) atoms. The second-order valence-electron chi connectivity index (χ2n) is 9.82. The molecule has 1 aliphatic rings. The third-order valence-electron chi connectivity index (χ3n) is 6.07. The van der Waals surface area contributed by atoms with Crippen LogP contribution in [0.25, 0.3) is 22.2 Å². The minimum absolute atomic E-state index is 0.216. The van der Waals surface area contributed by atoms with Crippen LogP contribution in [0.5, 0.6) is 0 Å². The Morgan fingerprint density at radius 1 is 1.03 bits per heavy atom. The topological polar surface area (TPSA) is 81.5 Å². The Kier molecular flexibility index (Phi) is 6.32. The van der Waals surface area contributed by atoms with Crippen LogP contribution in [0.3, 0.4) is 0 Å². The average molecular weight is 615 g/mol. The maximum atomic E-state index is 13.2. The predicted octanol–water partition coefficient (Wildman–Crippen LogP) is 5.84. The third kappa shape index (κ3) is 4.73. The van der Waals surface area contributed by atoms with Crippen LogP contribution in [0.2, 0.25) is 0 Å². The first-order valence-corrected chi connectivity index (χ1v) is 14.1. The van der Waals surface area contributed by atoms with Crippen LogP contribution in [0.15, 0.2) is 71.9 Å². The minimum atomic E-state index is -3.76. The second-order valence-corrected chi connectivity index (χ2v) is 12.8. The van der Waals surface area contributed by atoms with E-state index in [1.165, 1.54) is 9.54 Å². The van der Waals surface area contributed by atoms with Crippen molar-refractivity contribution in [1.29, 1.82) is 0 Å². The Morgan fingerprint density at radius 3 is 2.50 bits per heavy atom. The highest BCUT2D eigenvalue weighted by atomic mass is 127. The van der Waals surface area contributed by atoms with Crippen LogP contribution in [0.4, 0.5) is 4.79 Å². The second kappa shape index (κ2) is 9.19. The van der Waals surface area contributed by atoms with E-state index in [2.05, 4.69) is 45.8 Å². The summed E-state index contributed by atoms with van der Waals surface area (Å²) in [5, 5.41) is 0.765. The summed E-state index contributed by atoms with van der Waals surface area (Å²) in [4.78, 5) is 19.1. The number of aromatic nitrogens is 2. The summed E-state index contributed by atoms with van der Waals surface area (Å²) in [5.74, 6) is 0. The van der Waals surface area contributed by atoms with E-state index in [9.17, 15) is 13.2 Å². The fourth-order valence-corrected chi connectivity index (χ4v) is 6.52. The normalized spacial score (nSPS) is 14.1. The lowest BCUT2D eigenvalue weighted by Crippen LogP contribution is -2.39. The van der Waals surface area contributed by atoms with Crippen molar-refractivity contribution in [3.63, 3.8) is 0 Å². The molecule has 9 heteroatoms. The van der Waals surface area contributed by atoms with Crippen molar-refractivity contribution < 1.29 is 17.9 Å². The summed E-state index contributed by atoms with van der Waals surface area (Å²) in [7, 11) is -3.76. The number of nitrogens with zero attached hydrogens (tertiary/aromatic N) is 3. The van der Waals surface area contributed by atoms with E-state index in [-0.39, 0.29) is 11.0 Å². The number of pyridine rings is 1. The summed E-state index contributed by atoms with van der Waals surface area (Å²) < 4.78 is 34.0. The molecule has 0 unspecified atom stereocenters. The Balaban J connectivity index is 1.48. The molecule has 7 nitrogen and oxygen atoms in total. The number of carbonyl (C=O) groups is 1. The first-order valence-electron chi connectivity index (χ1n) is 11.6. The first kappa shape index (κ1) is 24.8. The Morgan fingerprint density at radius 2 is 1.78 bits per heavy atom. The van der Waals surface area contributed by atoms with Gasteiger partial charge >= 0.3 is 6.09 Å². The van der Waals surface area contributed by atoms with Crippen LogP contribution in [-0.4, -0.2) is 40.5 Å². The van der Waals surface area contributed by atoms with E-state index >= 15 is 0 Å². The summed E-state index contributed by atoms with van der Waals surface area (Å²) in [6.07, 6.45) is 3.77. The minimum Gasteiger partial charge on any atom is -0.444 e. The van der Waals surface area contributed by atoms with Crippen molar-refractivity contribution >= 4 is 49.7 Å². The van der Waals surface area contributed by atoms with E-state index in [1.54, 1.807) is 47.6 Å². The van der Waals surface area contributed by atoms with Gasteiger partial charge in [0.1, 0.15) is 5.60 Å². The van der Waals surface area contributed by atoms with Crippen molar-refractivity contribution in [2.75, 3.05) is 6.54 Å². The highest BCUT2D eigenvalue weighted by molar-refractivity contribution is 14.1. The lowest BCUT2D eigenvalue weighted by atomic mass is 9.95. The molecule has 0 aliphatic carbocycles. The first-order chi connectivity index (χ1) is 17.0. The summed E-state index contributed by atoms with van der Waals surface area (Å²) in [6.45, 7) is 6.70.